The second-order valence-corrected chi connectivity index (χ2v) is 6.84. The lowest BCUT2D eigenvalue weighted by Crippen LogP contribution is -1.97. The number of fused-ring (bicyclic) bond motifs is 1. The molecule has 0 bridgehead atoms. The maximum atomic E-state index is 11.3. The molecule has 0 spiro atoms. The number of nitrogens with zero attached hydrogens (tertiary/aromatic N) is 3. The van der Waals surface area contributed by atoms with Gasteiger partial charge in [0.15, 0.2) is 0 Å². The molecule has 0 radical (unpaired) electrons. The molecule has 10 nitrogen and oxygen atoms in total. The highest BCUT2D eigenvalue weighted by atomic mass is 32.2. The van der Waals surface area contributed by atoms with Crippen LogP contribution in [0.15, 0.2) is 63.7 Å². The van der Waals surface area contributed by atoms with Gasteiger partial charge in [0.1, 0.15) is 17.2 Å². The normalized spacial score (nSPS) is 11.9. The van der Waals surface area contributed by atoms with Gasteiger partial charge in [0.25, 0.3) is 15.8 Å². The van der Waals surface area contributed by atoms with E-state index >= 15 is 0 Å². The van der Waals surface area contributed by atoms with Gasteiger partial charge in [-0.3, -0.25) is 14.7 Å². The lowest BCUT2D eigenvalue weighted by atomic mass is 10.1. The SMILES string of the molecule is O=[N+]([O-])c1ccc(N=Nc2c(O)cc(O)c3cc(S(=O)(=O)O)ccc23)cc1. The van der Waals surface area contributed by atoms with E-state index in [1.165, 1.54) is 30.3 Å². The molecular weight excluding hydrogens is 378 g/mol. The van der Waals surface area contributed by atoms with Crippen LogP contribution in [0.1, 0.15) is 0 Å². The van der Waals surface area contributed by atoms with Gasteiger partial charge in [0, 0.05) is 29.0 Å². The first kappa shape index (κ1) is 18.2. The zero-order valence-corrected chi connectivity index (χ0v) is 14.2. The van der Waals surface area contributed by atoms with Crippen molar-refractivity contribution in [1.82, 2.24) is 0 Å². The fourth-order valence-corrected chi connectivity index (χ4v) is 2.88. The smallest absolute Gasteiger partial charge is 0.294 e. The summed E-state index contributed by atoms with van der Waals surface area (Å²) in [6, 6.07) is 9.52. The minimum Gasteiger partial charge on any atom is -0.507 e. The van der Waals surface area contributed by atoms with Crippen LogP contribution in [-0.4, -0.2) is 28.1 Å². The van der Waals surface area contributed by atoms with Gasteiger partial charge in [-0.05, 0) is 24.3 Å². The largest absolute Gasteiger partial charge is 0.507 e. The Morgan fingerprint density at radius 1 is 0.889 bits per heavy atom. The van der Waals surface area contributed by atoms with Gasteiger partial charge in [0.2, 0.25) is 0 Å². The zero-order valence-electron chi connectivity index (χ0n) is 13.3. The summed E-state index contributed by atoms with van der Waals surface area (Å²) in [5.74, 6) is -0.826. The summed E-state index contributed by atoms with van der Waals surface area (Å²) in [6.07, 6.45) is 0. The number of phenolic OH excluding ortho intramolecular Hbond substituents is 2. The minimum atomic E-state index is -4.48. The molecule has 138 valence electrons. The number of aromatic hydroxyl groups is 2. The number of nitro benzene ring substituents is 1. The monoisotopic (exact) mass is 389 g/mol. The molecule has 0 saturated heterocycles. The predicted molar refractivity (Wildman–Crippen MR) is 94.4 cm³/mol. The fraction of sp³-hybridized carbons (Fsp3) is 0. The van der Waals surface area contributed by atoms with E-state index in [1.54, 1.807) is 0 Å². The second kappa shape index (κ2) is 6.63. The number of benzene rings is 3. The number of nitro groups is 1. The van der Waals surface area contributed by atoms with Crippen molar-refractivity contribution >= 4 is 38.0 Å². The first-order valence-corrected chi connectivity index (χ1v) is 8.73. The number of rotatable bonds is 4. The van der Waals surface area contributed by atoms with Crippen molar-refractivity contribution in [1.29, 1.82) is 0 Å². The summed E-state index contributed by atoms with van der Waals surface area (Å²) < 4.78 is 31.6. The molecule has 27 heavy (non-hydrogen) atoms. The van der Waals surface area contributed by atoms with E-state index in [0.29, 0.717) is 0 Å². The van der Waals surface area contributed by atoms with Crippen LogP contribution < -0.4 is 0 Å². The van der Waals surface area contributed by atoms with Gasteiger partial charge in [0.05, 0.1) is 15.5 Å². The Morgan fingerprint density at radius 2 is 1.56 bits per heavy atom. The maximum Gasteiger partial charge on any atom is 0.294 e. The van der Waals surface area contributed by atoms with Crippen molar-refractivity contribution in [2.45, 2.75) is 4.90 Å². The molecule has 0 saturated carbocycles. The van der Waals surface area contributed by atoms with Crippen LogP contribution in [-0.2, 0) is 10.1 Å². The molecule has 3 N–H and O–H groups in total. The third kappa shape index (κ3) is 3.68. The van der Waals surface area contributed by atoms with Crippen molar-refractivity contribution in [3.8, 4) is 11.5 Å². The van der Waals surface area contributed by atoms with Gasteiger partial charge < -0.3 is 10.2 Å². The van der Waals surface area contributed by atoms with Gasteiger partial charge >= 0.3 is 0 Å². The van der Waals surface area contributed by atoms with Gasteiger partial charge in [-0.15, -0.1) is 5.11 Å². The summed E-state index contributed by atoms with van der Waals surface area (Å²) in [6.45, 7) is 0. The van der Waals surface area contributed by atoms with Crippen LogP contribution in [0.3, 0.4) is 0 Å². The van der Waals surface area contributed by atoms with Gasteiger partial charge in [-0.1, -0.05) is 6.07 Å². The molecule has 0 aliphatic carbocycles. The Hall–Kier alpha value is -3.57. The quantitative estimate of drug-likeness (QED) is 0.264. The summed E-state index contributed by atoms with van der Waals surface area (Å²) >= 11 is 0. The van der Waals surface area contributed by atoms with E-state index in [1.807, 2.05) is 0 Å². The molecule has 11 heteroatoms. The van der Waals surface area contributed by atoms with E-state index in [9.17, 15) is 28.7 Å². The molecular formula is C16H11N3O7S. The fourth-order valence-electron chi connectivity index (χ4n) is 2.37. The van der Waals surface area contributed by atoms with Crippen LogP contribution in [0.4, 0.5) is 17.1 Å². The Kier molecular flexibility index (Phi) is 4.47. The number of hydrogen-bond donors (Lipinski definition) is 3. The van der Waals surface area contributed by atoms with Crippen molar-refractivity contribution < 1.29 is 28.1 Å². The summed E-state index contributed by atoms with van der Waals surface area (Å²) in [5, 5.41) is 38.6. The third-order valence-corrected chi connectivity index (χ3v) is 4.51. The molecule has 3 aromatic carbocycles. The maximum absolute atomic E-state index is 11.3. The van der Waals surface area contributed by atoms with E-state index in [2.05, 4.69) is 10.2 Å². The second-order valence-electron chi connectivity index (χ2n) is 5.42. The minimum absolute atomic E-state index is 0.0283. The molecule has 0 aliphatic heterocycles. The summed E-state index contributed by atoms with van der Waals surface area (Å²) in [7, 11) is -4.48. The molecule has 3 rings (SSSR count). The summed E-state index contributed by atoms with van der Waals surface area (Å²) in [4.78, 5) is 9.65. The topological polar surface area (TPSA) is 163 Å². The Labute approximate surface area is 151 Å². The third-order valence-electron chi connectivity index (χ3n) is 3.66. The number of phenols is 2. The average Bonchev–Trinajstić information content (AvgIpc) is 2.60. The molecule has 0 amide bonds. The number of non-ortho nitro benzene ring substituents is 1. The van der Waals surface area contributed by atoms with Crippen LogP contribution in [0.25, 0.3) is 10.8 Å². The lowest BCUT2D eigenvalue weighted by molar-refractivity contribution is -0.384. The van der Waals surface area contributed by atoms with Crippen molar-refractivity contribution in [2.75, 3.05) is 0 Å². The molecule has 0 atom stereocenters. The molecule has 3 aromatic rings. The van der Waals surface area contributed by atoms with Crippen LogP contribution in [0.2, 0.25) is 0 Å². The highest BCUT2D eigenvalue weighted by molar-refractivity contribution is 7.85. The standard InChI is InChI=1S/C16H11N3O7S/c20-14-8-15(21)16(12-6-5-11(7-13(12)14)27(24,25)26)18-17-9-1-3-10(4-2-9)19(22)23/h1-8,20-21H,(H,24,25,26). The van der Waals surface area contributed by atoms with E-state index < -0.39 is 31.4 Å². The number of azo groups is 1. The predicted octanol–water partition coefficient (Wildman–Crippen LogP) is 3.82. The van der Waals surface area contributed by atoms with Crippen LogP contribution >= 0.6 is 0 Å². The number of hydrogen-bond acceptors (Lipinski definition) is 8. The average molecular weight is 389 g/mol. The summed E-state index contributed by atoms with van der Waals surface area (Å²) in [5.41, 5.74) is 0.100. The van der Waals surface area contributed by atoms with Crippen LogP contribution in [0.5, 0.6) is 11.5 Å². The van der Waals surface area contributed by atoms with Crippen LogP contribution in [0, 0.1) is 10.1 Å². The molecule has 0 heterocycles. The highest BCUT2D eigenvalue weighted by Crippen LogP contribution is 2.42. The van der Waals surface area contributed by atoms with Gasteiger partial charge in [-0.2, -0.15) is 13.5 Å². The van der Waals surface area contributed by atoms with Crippen molar-refractivity contribution in [3.05, 3.63) is 58.6 Å². The molecule has 0 aliphatic rings. The van der Waals surface area contributed by atoms with Crippen molar-refractivity contribution in [3.63, 3.8) is 0 Å². The van der Waals surface area contributed by atoms with E-state index in [0.717, 1.165) is 18.2 Å². The van der Waals surface area contributed by atoms with Gasteiger partial charge in [-0.25, -0.2) is 0 Å². The Morgan fingerprint density at radius 3 is 2.15 bits per heavy atom. The van der Waals surface area contributed by atoms with E-state index in [-0.39, 0.29) is 27.8 Å². The lowest BCUT2D eigenvalue weighted by Gasteiger charge is -2.08. The molecule has 0 fully saturated rings. The zero-order chi connectivity index (χ0) is 19.8. The Bertz CT molecular complexity index is 1190. The van der Waals surface area contributed by atoms with Crippen molar-refractivity contribution in [2.24, 2.45) is 10.2 Å². The highest BCUT2D eigenvalue weighted by Gasteiger charge is 2.16. The molecule has 0 unspecified atom stereocenters. The first-order chi connectivity index (χ1) is 12.7. The molecule has 0 aromatic heterocycles. The Balaban J connectivity index is 2.09. The first-order valence-electron chi connectivity index (χ1n) is 7.29. The van der Waals surface area contributed by atoms with E-state index in [4.69, 9.17) is 4.55 Å².